The number of hydrogen-bond donors (Lipinski definition) is 2. The van der Waals surface area contributed by atoms with E-state index in [1.807, 2.05) is 55.9 Å². The van der Waals surface area contributed by atoms with Crippen LogP contribution in [0.1, 0.15) is 24.2 Å². The number of halogens is 2. The van der Waals surface area contributed by atoms with E-state index >= 15 is 0 Å². The predicted octanol–water partition coefficient (Wildman–Crippen LogP) is 3.22. The lowest BCUT2D eigenvalue weighted by Gasteiger charge is -2.19. The number of imidazole rings is 1. The van der Waals surface area contributed by atoms with Gasteiger partial charge in [0.1, 0.15) is 0 Å². The molecule has 0 aliphatic heterocycles. The zero-order chi connectivity index (χ0) is 18.6. The van der Waals surface area contributed by atoms with Crippen LogP contribution < -0.4 is 15.5 Å². The van der Waals surface area contributed by atoms with Crippen LogP contribution in [-0.4, -0.2) is 36.7 Å². The Labute approximate surface area is 158 Å². The van der Waals surface area contributed by atoms with E-state index in [4.69, 9.17) is 23.2 Å². The summed E-state index contributed by atoms with van der Waals surface area (Å²) < 4.78 is 2.04. The molecule has 0 radical (unpaired) electrons. The van der Waals surface area contributed by atoms with Gasteiger partial charge in [-0.25, -0.2) is 4.98 Å². The third kappa shape index (κ3) is 4.80. The second kappa shape index (κ2) is 8.45. The quantitative estimate of drug-likeness (QED) is 0.615. The van der Waals surface area contributed by atoms with Gasteiger partial charge in [-0.15, -0.1) is 0 Å². The maximum Gasteiger partial charge on any atom is 0.204 e. The monoisotopic (exact) mass is 382 g/mol. The fourth-order valence-electron chi connectivity index (χ4n) is 2.52. The van der Waals surface area contributed by atoms with Crippen LogP contribution in [0.3, 0.4) is 0 Å². The molecule has 2 N–H and O–H groups in total. The molecule has 1 heterocycles. The summed E-state index contributed by atoms with van der Waals surface area (Å²) in [6, 6.07) is 5.47. The first-order chi connectivity index (χ1) is 11.8. The Bertz CT molecular complexity index is 754. The van der Waals surface area contributed by atoms with Crippen molar-refractivity contribution in [1.82, 2.24) is 20.2 Å². The van der Waals surface area contributed by atoms with Crippen molar-refractivity contribution in [3.05, 3.63) is 45.7 Å². The highest BCUT2D eigenvalue weighted by Gasteiger charge is 2.13. The van der Waals surface area contributed by atoms with Crippen LogP contribution in [0.4, 0.5) is 5.95 Å². The summed E-state index contributed by atoms with van der Waals surface area (Å²) >= 11 is 12.2. The van der Waals surface area contributed by atoms with Gasteiger partial charge in [0.15, 0.2) is 5.96 Å². The van der Waals surface area contributed by atoms with Gasteiger partial charge in [0, 0.05) is 38.2 Å². The number of hydrogen-bond acceptors (Lipinski definition) is 3. The highest BCUT2D eigenvalue weighted by molar-refractivity contribution is 6.35. The van der Waals surface area contributed by atoms with Crippen LogP contribution in [0.2, 0.25) is 10.0 Å². The van der Waals surface area contributed by atoms with Gasteiger partial charge in [-0.3, -0.25) is 4.99 Å². The molecule has 0 saturated carbocycles. The van der Waals surface area contributed by atoms with Gasteiger partial charge in [-0.05, 0) is 24.6 Å². The molecule has 0 saturated heterocycles. The number of benzene rings is 1. The summed E-state index contributed by atoms with van der Waals surface area (Å²) in [7, 11) is 7.67. The molecule has 0 bridgehead atoms. The summed E-state index contributed by atoms with van der Waals surface area (Å²) in [6.07, 6.45) is 1.86. The number of guanidine groups is 1. The molecule has 6 nitrogen and oxygen atoms in total. The predicted molar refractivity (Wildman–Crippen MR) is 106 cm³/mol. The molecule has 8 heteroatoms. The fourth-order valence-corrected chi connectivity index (χ4v) is 3.09. The van der Waals surface area contributed by atoms with Gasteiger partial charge in [0.25, 0.3) is 0 Å². The van der Waals surface area contributed by atoms with Crippen LogP contribution in [-0.2, 0) is 13.6 Å². The standard InChI is InChI=1S/C17H24Cl2N6/c1-11(14-7-6-12(18)8-15(14)19)23-16(20-2)21-9-13-10-22-17(24(3)4)25(13)5/h6-8,10-11H,9H2,1-5H3,(H2,20,21,23). The summed E-state index contributed by atoms with van der Waals surface area (Å²) in [5, 5.41) is 7.89. The van der Waals surface area contributed by atoms with Crippen LogP contribution in [0, 0.1) is 0 Å². The molecule has 1 aromatic carbocycles. The van der Waals surface area contributed by atoms with E-state index in [0.29, 0.717) is 22.5 Å². The van der Waals surface area contributed by atoms with Gasteiger partial charge in [0.2, 0.25) is 5.95 Å². The van der Waals surface area contributed by atoms with Crippen LogP contribution in [0.15, 0.2) is 29.4 Å². The largest absolute Gasteiger partial charge is 0.351 e. The van der Waals surface area contributed by atoms with E-state index in [-0.39, 0.29) is 6.04 Å². The van der Waals surface area contributed by atoms with E-state index in [0.717, 1.165) is 17.2 Å². The number of rotatable bonds is 5. The third-order valence-corrected chi connectivity index (χ3v) is 4.47. The second-order valence-corrected chi connectivity index (χ2v) is 6.80. The lowest BCUT2D eigenvalue weighted by atomic mass is 10.1. The first kappa shape index (κ1) is 19.4. The molecule has 1 aromatic heterocycles. The molecule has 0 amide bonds. The van der Waals surface area contributed by atoms with Crippen LogP contribution >= 0.6 is 23.2 Å². The zero-order valence-corrected chi connectivity index (χ0v) is 16.7. The highest BCUT2D eigenvalue weighted by Crippen LogP contribution is 2.26. The van der Waals surface area contributed by atoms with Gasteiger partial charge in [-0.2, -0.15) is 0 Å². The van der Waals surface area contributed by atoms with Gasteiger partial charge in [-0.1, -0.05) is 29.3 Å². The maximum atomic E-state index is 6.28. The van der Waals surface area contributed by atoms with Crippen molar-refractivity contribution >= 4 is 35.1 Å². The van der Waals surface area contributed by atoms with Crippen molar-refractivity contribution in [2.75, 3.05) is 26.0 Å². The summed E-state index contributed by atoms with van der Waals surface area (Å²) in [4.78, 5) is 10.7. The zero-order valence-electron chi connectivity index (χ0n) is 15.1. The molecule has 2 rings (SSSR count). The summed E-state index contributed by atoms with van der Waals surface area (Å²) in [5.74, 6) is 1.59. The van der Waals surface area contributed by atoms with Crippen molar-refractivity contribution in [3.8, 4) is 0 Å². The Kier molecular flexibility index (Phi) is 6.56. The van der Waals surface area contributed by atoms with E-state index < -0.39 is 0 Å². The van der Waals surface area contributed by atoms with Gasteiger partial charge in [0.05, 0.1) is 24.5 Å². The maximum absolute atomic E-state index is 6.28. The summed E-state index contributed by atoms with van der Waals surface area (Å²) in [6.45, 7) is 2.63. The minimum atomic E-state index is -0.0140. The number of aliphatic imine (C=N–C) groups is 1. The van der Waals surface area contributed by atoms with Crippen molar-refractivity contribution in [2.45, 2.75) is 19.5 Å². The van der Waals surface area contributed by atoms with Crippen molar-refractivity contribution in [1.29, 1.82) is 0 Å². The first-order valence-electron chi connectivity index (χ1n) is 7.93. The Morgan fingerprint density at radius 3 is 2.64 bits per heavy atom. The van der Waals surface area contributed by atoms with Crippen molar-refractivity contribution < 1.29 is 0 Å². The number of nitrogens with one attached hydrogen (secondary N) is 2. The lowest BCUT2D eigenvalue weighted by molar-refractivity contribution is 0.676. The molecule has 2 aromatic rings. The molecular formula is C17H24Cl2N6. The Morgan fingerprint density at radius 1 is 1.36 bits per heavy atom. The lowest BCUT2D eigenvalue weighted by Crippen LogP contribution is -2.38. The number of nitrogens with zero attached hydrogens (tertiary/aromatic N) is 4. The Hall–Kier alpha value is -1.92. The third-order valence-electron chi connectivity index (χ3n) is 3.90. The Morgan fingerprint density at radius 2 is 2.08 bits per heavy atom. The first-order valence-corrected chi connectivity index (χ1v) is 8.69. The number of aromatic nitrogens is 2. The van der Waals surface area contributed by atoms with E-state index in [1.165, 1.54) is 0 Å². The average Bonchev–Trinajstić information content (AvgIpc) is 2.92. The minimum Gasteiger partial charge on any atom is -0.351 e. The normalized spacial score (nSPS) is 12.8. The van der Waals surface area contributed by atoms with Crippen LogP contribution in [0.25, 0.3) is 0 Å². The molecule has 1 unspecified atom stereocenters. The van der Waals surface area contributed by atoms with E-state index in [1.54, 1.807) is 13.1 Å². The van der Waals surface area contributed by atoms with Gasteiger partial charge < -0.3 is 20.1 Å². The van der Waals surface area contributed by atoms with Gasteiger partial charge >= 0.3 is 0 Å². The molecule has 25 heavy (non-hydrogen) atoms. The Balaban J connectivity index is 2.01. The summed E-state index contributed by atoms with van der Waals surface area (Å²) in [5.41, 5.74) is 2.02. The minimum absolute atomic E-state index is 0.0140. The second-order valence-electron chi connectivity index (χ2n) is 5.96. The number of anilines is 1. The molecular weight excluding hydrogens is 359 g/mol. The molecule has 0 aliphatic rings. The molecule has 136 valence electrons. The molecule has 0 fully saturated rings. The highest BCUT2D eigenvalue weighted by atomic mass is 35.5. The smallest absolute Gasteiger partial charge is 0.204 e. The topological polar surface area (TPSA) is 57.5 Å². The SMILES string of the molecule is CN=C(NCc1cnc(N(C)C)n1C)NC(C)c1ccc(Cl)cc1Cl. The van der Waals surface area contributed by atoms with Crippen molar-refractivity contribution in [2.24, 2.45) is 12.0 Å². The molecule has 0 spiro atoms. The van der Waals surface area contributed by atoms with Crippen molar-refractivity contribution in [3.63, 3.8) is 0 Å². The fraction of sp³-hybridized carbons (Fsp3) is 0.412. The molecule has 0 aliphatic carbocycles. The molecule has 1 atom stereocenters. The van der Waals surface area contributed by atoms with Crippen LogP contribution in [0.5, 0.6) is 0 Å². The van der Waals surface area contributed by atoms with E-state index in [2.05, 4.69) is 20.6 Å². The average molecular weight is 383 g/mol. The van der Waals surface area contributed by atoms with E-state index in [9.17, 15) is 0 Å².